The number of H-pyrrole nitrogens is 1. The number of sulfone groups is 1. The van der Waals surface area contributed by atoms with E-state index in [1.54, 1.807) is 36.2 Å². The molecule has 0 bridgehead atoms. The average molecular weight is 676 g/mol. The van der Waals surface area contributed by atoms with Crippen LogP contribution in [-0.4, -0.2) is 75.4 Å². The monoisotopic (exact) mass is 675 g/mol. The third-order valence-electron chi connectivity index (χ3n) is 9.12. The summed E-state index contributed by atoms with van der Waals surface area (Å²) in [5.41, 5.74) is 2.32. The van der Waals surface area contributed by atoms with Gasteiger partial charge < -0.3 is 9.80 Å². The number of nitrogens with zero attached hydrogens (tertiary/aromatic N) is 6. The van der Waals surface area contributed by atoms with Crippen LogP contribution in [0.25, 0.3) is 38.6 Å². The van der Waals surface area contributed by atoms with Crippen LogP contribution in [0.4, 0.5) is 10.2 Å². The van der Waals surface area contributed by atoms with Crippen LogP contribution in [0.2, 0.25) is 5.02 Å². The van der Waals surface area contributed by atoms with E-state index < -0.39 is 38.0 Å². The van der Waals surface area contributed by atoms with Gasteiger partial charge in [-0.3, -0.25) is 19.4 Å². The highest BCUT2D eigenvalue weighted by Gasteiger charge is 2.43. The van der Waals surface area contributed by atoms with Crippen LogP contribution >= 0.6 is 11.6 Å². The van der Waals surface area contributed by atoms with Gasteiger partial charge in [-0.1, -0.05) is 38.1 Å². The molecule has 0 radical (unpaired) electrons. The molecule has 14 heteroatoms. The number of benzene rings is 2. The fraction of sp³-hybridized carbons (Fsp3) is 0.303. The number of amides is 1. The third-order valence-corrected chi connectivity index (χ3v) is 11.3. The van der Waals surface area contributed by atoms with Crippen LogP contribution < -0.4 is 10.6 Å². The Hall–Kier alpha value is -4.62. The van der Waals surface area contributed by atoms with Crippen LogP contribution in [0.15, 0.2) is 52.9 Å². The zero-order chi connectivity index (χ0) is 33.5. The molecule has 47 heavy (non-hydrogen) atoms. The van der Waals surface area contributed by atoms with Gasteiger partial charge in [0, 0.05) is 42.3 Å². The molecule has 2 aromatic carbocycles. The molecular formula is C33H31ClFN7O4S. The highest BCUT2D eigenvalue weighted by molar-refractivity contribution is 7.91. The minimum absolute atomic E-state index is 0.00580. The van der Waals surface area contributed by atoms with E-state index in [2.05, 4.69) is 26.7 Å². The molecule has 11 nitrogen and oxygen atoms in total. The molecule has 5 heterocycles. The predicted molar refractivity (Wildman–Crippen MR) is 179 cm³/mol. The van der Waals surface area contributed by atoms with Crippen LogP contribution in [-0.2, 0) is 14.6 Å². The van der Waals surface area contributed by atoms with Crippen molar-refractivity contribution in [1.29, 1.82) is 0 Å². The lowest BCUT2D eigenvalue weighted by molar-refractivity contribution is -0.126. The van der Waals surface area contributed by atoms with Gasteiger partial charge in [0.05, 0.1) is 50.8 Å². The van der Waals surface area contributed by atoms with Crippen LogP contribution in [0.5, 0.6) is 0 Å². The normalized spacial score (nSPS) is 17.3. The number of aromatic nitrogens is 5. The molecular weight excluding hydrogens is 645 g/mol. The van der Waals surface area contributed by atoms with Gasteiger partial charge in [-0.15, -0.1) is 0 Å². The second-order valence-electron chi connectivity index (χ2n) is 12.3. The molecule has 0 spiro atoms. The molecule has 1 amide bonds. The predicted octanol–water partition coefficient (Wildman–Crippen LogP) is 4.85. The number of aromatic amines is 1. The Labute approximate surface area is 274 Å². The van der Waals surface area contributed by atoms with Gasteiger partial charge in [-0.05, 0) is 49.1 Å². The summed E-state index contributed by atoms with van der Waals surface area (Å²) in [6.45, 7) is 11.4. The number of aryl methyl sites for hydroxylation is 2. The number of piperazine rings is 1. The van der Waals surface area contributed by atoms with E-state index in [0.717, 1.165) is 0 Å². The second-order valence-corrected chi connectivity index (χ2v) is 14.7. The molecule has 242 valence electrons. The maximum Gasteiger partial charge on any atom is 0.354 e. The Kier molecular flexibility index (Phi) is 7.24. The number of hydrogen-bond acceptors (Lipinski definition) is 8. The number of carbonyl (C=O) groups excluding carboxylic acids is 1. The fourth-order valence-electron chi connectivity index (χ4n) is 6.98. The zero-order valence-corrected chi connectivity index (χ0v) is 27.7. The van der Waals surface area contributed by atoms with E-state index >= 15 is 4.39 Å². The summed E-state index contributed by atoms with van der Waals surface area (Å²) < 4.78 is 47.7. The molecule has 0 saturated carbocycles. The van der Waals surface area contributed by atoms with E-state index in [0.29, 0.717) is 39.0 Å². The number of halogens is 2. The quantitative estimate of drug-likeness (QED) is 0.268. The molecule has 3 aromatic heterocycles. The van der Waals surface area contributed by atoms with E-state index in [1.807, 2.05) is 20.8 Å². The van der Waals surface area contributed by atoms with Crippen molar-refractivity contribution in [1.82, 2.24) is 29.6 Å². The van der Waals surface area contributed by atoms with Gasteiger partial charge in [0.1, 0.15) is 10.7 Å². The Morgan fingerprint density at radius 2 is 1.94 bits per heavy atom. The number of hydrogen-bond donors (Lipinski definition) is 1. The minimum Gasteiger partial charge on any atom is -0.348 e. The van der Waals surface area contributed by atoms with Gasteiger partial charge in [0.25, 0.3) is 0 Å². The van der Waals surface area contributed by atoms with Crippen molar-refractivity contribution in [2.24, 2.45) is 0 Å². The van der Waals surface area contributed by atoms with E-state index in [9.17, 15) is 18.0 Å². The number of rotatable bonds is 4. The SMILES string of the molecule is C=CC(=O)N1CCN2c3nc(=O)n(-c4c(C)ccnc4C(C)C)c4c(Cl)c(-c5c(C)ccc6[nH]ncc56)c(F)c(c34)S(=O)(=O)CC2C1. The maximum atomic E-state index is 17.4. The molecule has 7 rings (SSSR count). The van der Waals surface area contributed by atoms with E-state index in [-0.39, 0.29) is 58.8 Å². The minimum atomic E-state index is -4.42. The van der Waals surface area contributed by atoms with E-state index in [1.165, 1.54) is 21.7 Å². The summed E-state index contributed by atoms with van der Waals surface area (Å²) in [5.74, 6) is -2.06. The van der Waals surface area contributed by atoms with Crippen LogP contribution in [0.1, 0.15) is 36.6 Å². The van der Waals surface area contributed by atoms with Crippen molar-refractivity contribution in [3.63, 3.8) is 0 Å². The Balaban J connectivity index is 1.69. The molecule has 5 aromatic rings. The molecule has 1 unspecified atom stereocenters. The summed E-state index contributed by atoms with van der Waals surface area (Å²) in [4.78, 5) is 38.6. The standard InChI is InChI=1S/C33H31ClFN7O4S/c1-6-22(43)40-11-12-41-19(14-40)15-47(45,46)31-25-30(26(34)24(27(31)35)23-17(4)7-8-21-20(23)13-37-39-21)42(33(44)38-32(25)41)29-18(5)9-10-36-28(29)16(2)3/h6-10,13,16,19H,1,11-12,14-15H2,2-5H3,(H,37,39). The summed E-state index contributed by atoms with van der Waals surface area (Å²) in [6, 6.07) is 4.48. The topological polar surface area (TPSA) is 134 Å². The molecule has 1 saturated heterocycles. The van der Waals surface area contributed by atoms with Crippen molar-refractivity contribution < 1.29 is 17.6 Å². The molecule has 1 fully saturated rings. The summed E-state index contributed by atoms with van der Waals surface area (Å²) in [6.07, 6.45) is 4.33. The maximum absolute atomic E-state index is 17.4. The third kappa shape index (κ3) is 4.58. The van der Waals surface area contributed by atoms with Crippen molar-refractivity contribution in [2.45, 2.75) is 44.6 Å². The van der Waals surface area contributed by atoms with Gasteiger partial charge in [-0.2, -0.15) is 10.1 Å². The van der Waals surface area contributed by atoms with E-state index in [4.69, 9.17) is 11.6 Å². The highest BCUT2D eigenvalue weighted by Crippen LogP contribution is 2.48. The number of pyridine rings is 1. The highest BCUT2D eigenvalue weighted by atomic mass is 35.5. The van der Waals surface area contributed by atoms with Crippen molar-refractivity contribution in [3.8, 4) is 16.8 Å². The van der Waals surface area contributed by atoms with Gasteiger partial charge in [-0.25, -0.2) is 17.6 Å². The summed E-state index contributed by atoms with van der Waals surface area (Å²) in [5, 5.41) is 7.31. The first-order valence-electron chi connectivity index (χ1n) is 15.1. The Morgan fingerprint density at radius 1 is 1.17 bits per heavy atom. The van der Waals surface area contributed by atoms with Crippen molar-refractivity contribution >= 4 is 55.0 Å². The van der Waals surface area contributed by atoms with Crippen molar-refractivity contribution in [2.75, 3.05) is 30.3 Å². The van der Waals surface area contributed by atoms with Gasteiger partial charge in [0.15, 0.2) is 15.7 Å². The summed E-state index contributed by atoms with van der Waals surface area (Å²) in [7, 11) is -4.42. The van der Waals surface area contributed by atoms with Gasteiger partial charge in [0.2, 0.25) is 5.91 Å². The lowest BCUT2D eigenvalue weighted by atomic mass is 9.94. The number of anilines is 1. The largest absolute Gasteiger partial charge is 0.354 e. The number of nitrogens with one attached hydrogen (secondary N) is 1. The molecule has 0 aliphatic carbocycles. The molecule has 1 atom stereocenters. The first kappa shape index (κ1) is 31.0. The Morgan fingerprint density at radius 3 is 2.66 bits per heavy atom. The fourth-order valence-corrected chi connectivity index (χ4v) is 9.17. The lowest BCUT2D eigenvalue weighted by Gasteiger charge is -2.41. The molecule has 1 N–H and O–H groups in total. The first-order chi connectivity index (χ1) is 22.4. The smallest absolute Gasteiger partial charge is 0.348 e. The van der Waals surface area contributed by atoms with Crippen LogP contribution in [0.3, 0.4) is 0 Å². The summed E-state index contributed by atoms with van der Waals surface area (Å²) >= 11 is 7.31. The number of carbonyl (C=O) groups is 1. The molecule has 2 aliphatic heterocycles. The van der Waals surface area contributed by atoms with Gasteiger partial charge >= 0.3 is 5.69 Å². The number of fused-ring (bicyclic) bond motifs is 3. The van der Waals surface area contributed by atoms with Crippen molar-refractivity contribution in [3.05, 3.63) is 81.4 Å². The second kappa shape index (κ2) is 11.0. The Bertz CT molecular complexity index is 2350. The van der Waals surface area contributed by atoms with Crippen LogP contribution in [0, 0.1) is 19.7 Å². The zero-order valence-electron chi connectivity index (χ0n) is 26.1. The average Bonchev–Trinajstić information content (AvgIpc) is 3.47. The lowest BCUT2D eigenvalue weighted by Crippen LogP contribution is -2.57. The molecule has 2 aliphatic rings. The first-order valence-corrected chi connectivity index (χ1v) is 17.2.